The first-order chi connectivity index (χ1) is 13.0. The Kier molecular flexibility index (Phi) is 5.71. The number of furan rings is 1. The zero-order chi connectivity index (χ0) is 19.4. The number of anilines is 2. The fourth-order valence-corrected chi connectivity index (χ4v) is 2.96. The van der Waals surface area contributed by atoms with Crippen LogP contribution < -0.4 is 5.32 Å². The average Bonchev–Trinajstić information content (AvgIpc) is 3.05. The van der Waals surface area contributed by atoms with Gasteiger partial charge in [-0.15, -0.1) is 6.58 Å². The van der Waals surface area contributed by atoms with Crippen molar-refractivity contribution >= 4 is 33.4 Å². The van der Waals surface area contributed by atoms with Gasteiger partial charge in [-0.25, -0.2) is 9.97 Å². The van der Waals surface area contributed by atoms with E-state index >= 15 is 0 Å². The highest BCUT2D eigenvalue weighted by Crippen LogP contribution is 2.28. The number of carbonyl (C=O) groups is 1. The Morgan fingerprint density at radius 3 is 2.59 bits per heavy atom. The first-order valence-electron chi connectivity index (χ1n) is 8.28. The summed E-state index contributed by atoms with van der Waals surface area (Å²) in [7, 11) is 0. The number of aromatic nitrogens is 2. The van der Waals surface area contributed by atoms with Crippen LogP contribution in [0, 0.1) is 6.92 Å². The third-order valence-electron chi connectivity index (χ3n) is 3.93. The summed E-state index contributed by atoms with van der Waals surface area (Å²) >= 11 is 3.29. The Labute approximate surface area is 165 Å². The smallest absolute Gasteiger partial charge is 0.307 e. The molecule has 0 aliphatic rings. The minimum atomic E-state index is -0.857. The summed E-state index contributed by atoms with van der Waals surface area (Å²) in [5.41, 5.74) is 3.31. The molecule has 6 nitrogen and oxygen atoms in total. The van der Waals surface area contributed by atoms with E-state index < -0.39 is 5.97 Å². The molecule has 2 N–H and O–H groups in total. The quantitative estimate of drug-likeness (QED) is 0.520. The normalized spacial score (nSPS) is 10.6. The van der Waals surface area contributed by atoms with Crippen molar-refractivity contribution < 1.29 is 14.3 Å². The van der Waals surface area contributed by atoms with Crippen molar-refractivity contribution in [1.82, 2.24) is 9.97 Å². The lowest BCUT2D eigenvalue weighted by molar-refractivity contribution is -0.136. The Hall–Kier alpha value is -2.93. The number of carboxylic acid groups (broad SMARTS) is 1. The Bertz CT molecular complexity index is 981. The summed E-state index contributed by atoms with van der Waals surface area (Å²) in [6.07, 6.45) is 2.41. The molecule has 0 bridgehead atoms. The number of aryl methyl sites for hydroxylation is 1. The number of hydrogen-bond donors (Lipinski definition) is 2. The summed E-state index contributed by atoms with van der Waals surface area (Å²) in [6, 6.07) is 10.8. The standard InChI is InChI=1S/C20H18BrN3O3/c1-3-4-15-12(2)22-20(16-9-10-17(21)27-16)24-19(15)23-14-7-5-13(6-8-14)11-18(25)26/h3,5-10H,1,4,11H2,2H3,(H,25,26)(H,22,23,24). The van der Waals surface area contributed by atoms with Crippen LogP contribution in [0.15, 0.2) is 58.1 Å². The first-order valence-corrected chi connectivity index (χ1v) is 9.07. The van der Waals surface area contributed by atoms with Gasteiger partial charge in [0.1, 0.15) is 5.82 Å². The maximum atomic E-state index is 10.8. The molecular formula is C20H18BrN3O3. The van der Waals surface area contributed by atoms with Crippen molar-refractivity contribution in [2.45, 2.75) is 19.8 Å². The Morgan fingerprint density at radius 1 is 1.26 bits per heavy atom. The molecule has 0 spiro atoms. The van der Waals surface area contributed by atoms with Crippen LogP contribution in [0.25, 0.3) is 11.6 Å². The lowest BCUT2D eigenvalue weighted by Crippen LogP contribution is -2.05. The molecule has 0 amide bonds. The minimum Gasteiger partial charge on any atom is -0.481 e. The highest BCUT2D eigenvalue weighted by molar-refractivity contribution is 9.10. The van der Waals surface area contributed by atoms with Crippen molar-refractivity contribution in [1.29, 1.82) is 0 Å². The second-order valence-electron chi connectivity index (χ2n) is 5.95. The largest absolute Gasteiger partial charge is 0.481 e. The van der Waals surface area contributed by atoms with E-state index in [1.165, 1.54) is 0 Å². The number of hydrogen-bond acceptors (Lipinski definition) is 5. The Balaban J connectivity index is 1.95. The van der Waals surface area contributed by atoms with Crippen molar-refractivity contribution in [3.63, 3.8) is 0 Å². The van der Waals surface area contributed by atoms with Crippen molar-refractivity contribution in [2.75, 3.05) is 5.32 Å². The third kappa shape index (κ3) is 4.62. The van der Waals surface area contributed by atoms with E-state index in [-0.39, 0.29) is 6.42 Å². The molecule has 0 unspecified atom stereocenters. The molecule has 2 aromatic heterocycles. The fourth-order valence-electron chi connectivity index (χ4n) is 2.65. The van der Waals surface area contributed by atoms with Crippen LogP contribution in [-0.2, 0) is 17.6 Å². The number of carboxylic acids is 1. The lowest BCUT2D eigenvalue weighted by atomic mass is 10.1. The van der Waals surface area contributed by atoms with Crippen LogP contribution in [0.3, 0.4) is 0 Å². The summed E-state index contributed by atoms with van der Waals surface area (Å²) in [5, 5.41) is 12.2. The number of nitrogens with one attached hydrogen (secondary N) is 1. The number of benzene rings is 1. The zero-order valence-electron chi connectivity index (χ0n) is 14.7. The second-order valence-corrected chi connectivity index (χ2v) is 6.73. The van der Waals surface area contributed by atoms with Gasteiger partial charge in [-0.1, -0.05) is 18.2 Å². The second kappa shape index (κ2) is 8.18. The maximum Gasteiger partial charge on any atom is 0.307 e. The zero-order valence-corrected chi connectivity index (χ0v) is 16.3. The molecule has 3 aromatic rings. The average molecular weight is 428 g/mol. The van der Waals surface area contributed by atoms with Gasteiger partial charge in [0.2, 0.25) is 0 Å². The van der Waals surface area contributed by atoms with Gasteiger partial charge in [0, 0.05) is 16.9 Å². The highest BCUT2D eigenvalue weighted by atomic mass is 79.9. The molecule has 0 atom stereocenters. The number of allylic oxidation sites excluding steroid dienone is 1. The van der Waals surface area contributed by atoms with Crippen LogP contribution in [0.2, 0.25) is 0 Å². The topological polar surface area (TPSA) is 88.3 Å². The van der Waals surface area contributed by atoms with Gasteiger partial charge in [-0.3, -0.25) is 4.79 Å². The number of nitrogens with zero attached hydrogens (tertiary/aromatic N) is 2. The van der Waals surface area contributed by atoms with Gasteiger partial charge >= 0.3 is 5.97 Å². The molecule has 0 radical (unpaired) electrons. The molecule has 0 saturated carbocycles. The first kappa shape index (κ1) is 18.8. The fraction of sp³-hybridized carbons (Fsp3) is 0.150. The van der Waals surface area contributed by atoms with Gasteiger partial charge in [0.05, 0.1) is 6.42 Å². The van der Waals surface area contributed by atoms with Crippen LogP contribution in [0.1, 0.15) is 16.8 Å². The van der Waals surface area contributed by atoms with Crippen LogP contribution in [0.5, 0.6) is 0 Å². The molecule has 1 aromatic carbocycles. The van der Waals surface area contributed by atoms with E-state index in [1.807, 2.05) is 19.1 Å². The molecule has 0 fully saturated rings. The van der Waals surface area contributed by atoms with E-state index in [0.29, 0.717) is 28.5 Å². The summed E-state index contributed by atoms with van der Waals surface area (Å²) in [5.74, 6) is 0.853. The summed E-state index contributed by atoms with van der Waals surface area (Å²) in [6.45, 7) is 5.72. The van der Waals surface area contributed by atoms with Crippen LogP contribution in [0.4, 0.5) is 11.5 Å². The summed E-state index contributed by atoms with van der Waals surface area (Å²) in [4.78, 5) is 20.0. The van der Waals surface area contributed by atoms with E-state index in [4.69, 9.17) is 9.52 Å². The van der Waals surface area contributed by atoms with Gasteiger partial charge in [0.15, 0.2) is 16.3 Å². The maximum absolute atomic E-state index is 10.8. The van der Waals surface area contributed by atoms with E-state index in [0.717, 1.165) is 22.5 Å². The molecular weight excluding hydrogens is 410 g/mol. The molecule has 27 heavy (non-hydrogen) atoms. The third-order valence-corrected chi connectivity index (χ3v) is 4.35. The number of aliphatic carboxylic acids is 1. The predicted octanol–water partition coefficient (Wildman–Crippen LogP) is 4.91. The Morgan fingerprint density at radius 2 is 2.00 bits per heavy atom. The SMILES string of the molecule is C=CCc1c(C)nc(-c2ccc(Br)o2)nc1Nc1ccc(CC(=O)O)cc1. The number of rotatable bonds is 7. The molecule has 0 aliphatic heterocycles. The minimum absolute atomic E-state index is 0.00781. The van der Waals surface area contributed by atoms with Gasteiger partial charge in [-0.05, 0) is 59.1 Å². The van der Waals surface area contributed by atoms with Crippen LogP contribution >= 0.6 is 15.9 Å². The van der Waals surface area contributed by atoms with Gasteiger partial charge in [-0.2, -0.15) is 0 Å². The van der Waals surface area contributed by atoms with E-state index in [9.17, 15) is 4.79 Å². The van der Waals surface area contributed by atoms with Crippen molar-refractivity contribution in [3.05, 3.63) is 70.5 Å². The molecule has 0 aliphatic carbocycles. The van der Waals surface area contributed by atoms with Crippen LogP contribution in [-0.4, -0.2) is 21.0 Å². The molecule has 0 saturated heterocycles. The molecule has 138 valence electrons. The monoisotopic (exact) mass is 427 g/mol. The molecule has 3 rings (SSSR count). The van der Waals surface area contributed by atoms with Gasteiger partial charge in [0.25, 0.3) is 0 Å². The predicted molar refractivity (Wildman–Crippen MR) is 107 cm³/mol. The van der Waals surface area contributed by atoms with Crippen molar-refractivity contribution in [2.24, 2.45) is 0 Å². The lowest BCUT2D eigenvalue weighted by Gasteiger charge is -2.14. The molecule has 7 heteroatoms. The van der Waals surface area contributed by atoms with Crippen molar-refractivity contribution in [3.8, 4) is 11.6 Å². The highest BCUT2D eigenvalue weighted by Gasteiger charge is 2.15. The van der Waals surface area contributed by atoms with Gasteiger partial charge < -0.3 is 14.8 Å². The molecule has 2 heterocycles. The van der Waals surface area contributed by atoms with E-state index in [1.54, 1.807) is 30.3 Å². The summed E-state index contributed by atoms with van der Waals surface area (Å²) < 4.78 is 6.18. The van der Waals surface area contributed by atoms with E-state index in [2.05, 4.69) is 37.8 Å². The number of halogens is 1.